The van der Waals surface area contributed by atoms with Gasteiger partial charge in [0.05, 0.1) is 5.39 Å². The van der Waals surface area contributed by atoms with E-state index in [0.717, 1.165) is 30.3 Å². The van der Waals surface area contributed by atoms with E-state index in [1.54, 1.807) is 11.8 Å². The maximum absolute atomic E-state index is 14.2. The molecular weight excluding hydrogens is 321 g/mol. The summed E-state index contributed by atoms with van der Waals surface area (Å²) in [6.45, 7) is 6.55. The van der Waals surface area contributed by atoms with E-state index in [1.165, 1.54) is 12.4 Å². The van der Waals surface area contributed by atoms with E-state index in [2.05, 4.69) is 26.8 Å². The number of rotatable bonds is 4. The van der Waals surface area contributed by atoms with Crippen molar-refractivity contribution in [2.24, 2.45) is 0 Å². The lowest BCUT2D eigenvalue weighted by molar-refractivity contribution is -0.127. The summed E-state index contributed by atoms with van der Waals surface area (Å²) >= 11 is 0. The van der Waals surface area contributed by atoms with E-state index in [1.807, 2.05) is 6.20 Å². The second-order valence-electron chi connectivity index (χ2n) is 7.20. The molecule has 0 radical (unpaired) electrons. The Morgan fingerprint density at radius 1 is 1.56 bits per heavy atom. The van der Waals surface area contributed by atoms with Crippen LogP contribution in [0, 0.1) is 0 Å². The zero-order chi connectivity index (χ0) is 17.6. The first-order valence-corrected chi connectivity index (χ1v) is 8.68. The van der Waals surface area contributed by atoms with E-state index in [-0.39, 0.29) is 17.9 Å². The molecule has 1 amide bonds. The van der Waals surface area contributed by atoms with Crippen molar-refractivity contribution in [1.82, 2.24) is 19.9 Å². The van der Waals surface area contributed by atoms with Crippen molar-refractivity contribution in [3.63, 3.8) is 0 Å². The lowest BCUT2D eigenvalue weighted by Gasteiger charge is -2.33. The number of piperidine rings is 1. The molecule has 132 valence electrons. The van der Waals surface area contributed by atoms with Crippen LogP contribution in [0.3, 0.4) is 0 Å². The normalized spacial score (nSPS) is 28.8. The maximum Gasteiger partial charge on any atom is 0.246 e. The van der Waals surface area contributed by atoms with Crippen LogP contribution in [-0.4, -0.2) is 50.6 Å². The quantitative estimate of drug-likeness (QED) is 0.837. The Bertz CT molecular complexity index is 830. The van der Waals surface area contributed by atoms with Gasteiger partial charge < -0.3 is 15.2 Å². The van der Waals surface area contributed by atoms with Gasteiger partial charge in [-0.15, -0.1) is 0 Å². The van der Waals surface area contributed by atoms with E-state index in [4.69, 9.17) is 0 Å². The monoisotopic (exact) mass is 343 g/mol. The van der Waals surface area contributed by atoms with E-state index >= 15 is 0 Å². The third-order valence-electron chi connectivity index (χ3n) is 5.29. The average Bonchev–Trinajstić information content (AvgIpc) is 3.04. The fraction of sp³-hybridized carbons (Fsp3) is 0.500. The zero-order valence-electron chi connectivity index (χ0n) is 14.3. The van der Waals surface area contributed by atoms with E-state index in [9.17, 15) is 9.18 Å². The number of H-pyrrole nitrogens is 1. The number of halogens is 1. The van der Waals surface area contributed by atoms with E-state index in [0.29, 0.717) is 24.4 Å². The number of carbonyl (C=O) groups is 1. The molecule has 3 atom stereocenters. The van der Waals surface area contributed by atoms with Gasteiger partial charge in [0.1, 0.15) is 23.5 Å². The highest BCUT2D eigenvalue weighted by Crippen LogP contribution is 2.56. The van der Waals surface area contributed by atoms with Crippen molar-refractivity contribution in [1.29, 1.82) is 0 Å². The summed E-state index contributed by atoms with van der Waals surface area (Å²) < 4.78 is 14.2. The predicted molar refractivity (Wildman–Crippen MR) is 94.2 cm³/mol. The number of hydrogen-bond acceptors (Lipinski definition) is 4. The minimum Gasteiger partial charge on any atom is -0.365 e. The first-order chi connectivity index (χ1) is 12.0. The van der Waals surface area contributed by atoms with Crippen LogP contribution in [0.15, 0.2) is 25.2 Å². The molecule has 2 unspecified atom stereocenters. The number of likely N-dealkylation sites (tertiary alicyclic amines) is 1. The summed E-state index contributed by atoms with van der Waals surface area (Å²) in [6, 6.07) is 0.106. The molecule has 2 aromatic rings. The van der Waals surface area contributed by atoms with Crippen molar-refractivity contribution >= 4 is 22.8 Å². The van der Waals surface area contributed by atoms with Crippen LogP contribution in [-0.2, 0) is 4.79 Å². The van der Waals surface area contributed by atoms with Crippen molar-refractivity contribution in [2.45, 2.75) is 43.8 Å². The van der Waals surface area contributed by atoms with Gasteiger partial charge in [-0.25, -0.2) is 14.4 Å². The summed E-state index contributed by atoms with van der Waals surface area (Å²) in [4.78, 5) is 25.4. The Hall–Kier alpha value is -2.44. The topological polar surface area (TPSA) is 73.9 Å². The number of nitrogens with one attached hydrogen (secondary N) is 2. The molecule has 0 spiro atoms. The molecule has 1 aliphatic heterocycles. The molecule has 4 rings (SSSR count). The molecule has 2 fully saturated rings. The highest BCUT2D eigenvalue weighted by Gasteiger charge is 2.53. The number of alkyl halides is 1. The van der Waals surface area contributed by atoms with Crippen LogP contribution in [0.2, 0.25) is 0 Å². The Kier molecular flexibility index (Phi) is 3.74. The highest BCUT2D eigenvalue weighted by molar-refractivity contribution is 5.91. The van der Waals surface area contributed by atoms with Gasteiger partial charge >= 0.3 is 0 Å². The molecule has 2 aliphatic rings. The maximum atomic E-state index is 14.2. The molecule has 6 nitrogen and oxygen atoms in total. The lowest BCUT2D eigenvalue weighted by Crippen LogP contribution is -2.44. The van der Waals surface area contributed by atoms with Gasteiger partial charge in [0.15, 0.2) is 0 Å². The molecule has 0 bridgehead atoms. The molecule has 3 heterocycles. The molecule has 2 aromatic heterocycles. The summed E-state index contributed by atoms with van der Waals surface area (Å²) in [6.07, 6.45) is 7.10. The Balaban J connectivity index is 1.60. The number of hydrogen-bond donors (Lipinski definition) is 2. The number of fused-ring (bicyclic) bond motifs is 1. The zero-order valence-corrected chi connectivity index (χ0v) is 14.3. The van der Waals surface area contributed by atoms with Crippen LogP contribution >= 0.6 is 0 Å². The molecule has 2 N–H and O–H groups in total. The standard InChI is InChI=1S/C18H22FN5O/c1-3-14(25)24-6-4-5-11(9-24)23-17-15-12(13-7-18(13,2)19)8-20-16(15)21-10-22-17/h3,8,10-11,13H,1,4-7,9H2,2H3,(H2,20,21,22,23)/t11-,13?,18?/m1/s1. The number of aromatic nitrogens is 3. The summed E-state index contributed by atoms with van der Waals surface area (Å²) in [5.74, 6) is 0.549. The Morgan fingerprint density at radius 2 is 2.36 bits per heavy atom. The third kappa shape index (κ3) is 2.88. The van der Waals surface area contributed by atoms with Crippen molar-refractivity contribution in [2.75, 3.05) is 18.4 Å². The summed E-state index contributed by atoms with van der Waals surface area (Å²) in [5.41, 5.74) is 0.489. The predicted octanol–water partition coefficient (Wildman–Crippen LogP) is 2.76. The van der Waals surface area contributed by atoms with Crippen LogP contribution in [0.4, 0.5) is 10.2 Å². The second kappa shape index (κ2) is 5.82. The number of anilines is 1. The van der Waals surface area contributed by atoms with Gasteiger partial charge in [-0.1, -0.05) is 6.58 Å². The SMILES string of the molecule is C=CC(=O)N1CCC[C@@H](Nc2ncnc3[nH]cc(C4CC4(C)F)c23)C1. The molecule has 1 saturated carbocycles. The molecule has 25 heavy (non-hydrogen) atoms. The number of aromatic amines is 1. The van der Waals surface area contributed by atoms with E-state index < -0.39 is 5.67 Å². The van der Waals surface area contributed by atoms with Crippen LogP contribution in [0.1, 0.15) is 37.7 Å². The first-order valence-electron chi connectivity index (χ1n) is 8.68. The fourth-order valence-electron chi connectivity index (χ4n) is 3.76. The van der Waals surface area contributed by atoms with Gasteiger partial charge in [-0.2, -0.15) is 0 Å². The first kappa shape index (κ1) is 16.1. The van der Waals surface area contributed by atoms with Crippen molar-refractivity contribution < 1.29 is 9.18 Å². The fourth-order valence-corrected chi connectivity index (χ4v) is 3.76. The Labute approximate surface area is 145 Å². The smallest absolute Gasteiger partial charge is 0.246 e. The number of carbonyl (C=O) groups excluding carboxylic acids is 1. The number of nitrogens with zero attached hydrogens (tertiary/aromatic N) is 3. The van der Waals surface area contributed by atoms with Gasteiger partial charge in [0.25, 0.3) is 0 Å². The minimum absolute atomic E-state index is 0.0483. The second-order valence-corrected chi connectivity index (χ2v) is 7.20. The van der Waals surface area contributed by atoms with Crippen LogP contribution in [0.5, 0.6) is 0 Å². The molecule has 0 aromatic carbocycles. The van der Waals surface area contributed by atoms with Gasteiger partial charge in [-0.3, -0.25) is 4.79 Å². The van der Waals surface area contributed by atoms with Crippen LogP contribution in [0.25, 0.3) is 11.0 Å². The summed E-state index contributed by atoms with van der Waals surface area (Å²) in [5, 5.41) is 4.31. The molecule has 1 saturated heterocycles. The highest BCUT2D eigenvalue weighted by atomic mass is 19.1. The Morgan fingerprint density at radius 3 is 3.08 bits per heavy atom. The van der Waals surface area contributed by atoms with Crippen molar-refractivity contribution in [3.05, 3.63) is 30.7 Å². The van der Waals surface area contributed by atoms with Gasteiger partial charge in [0.2, 0.25) is 5.91 Å². The molecule has 1 aliphatic carbocycles. The molecular formula is C18H22FN5O. The minimum atomic E-state index is -1.15. The molecule has 7 heteroatoms. The average molecular weight is 343 g/mol. The number of amides is 1. The van der Waals surface area contributed by atoms with Gasteiger partial charge in [0, 0.05) is 31.2 Å². The van der Waals surface area contributed by atoms with Crippen molar-refractivity contribution in [3.8, 4) is 0 Å². The largest absolute Gasteiger partial charge is 0.365 e. The third-order valence-corrected chi connectivity index (χ3v) is 5.29. The van der Waals surface area contributed by atoms with Crippen LogP contribution < -0.4 is 5.32 Å². The van der Waals surface area contributed by atoms with Gasteiger partial charge in [-0.05, 0) is 37.8 Å². The lowest BCUT2D eigenvalue weighted by atomic mass is 10.0. The summed E-state index contributed by atoms with van der Waals surface area (Å²) in [7, 11) is 0.